The predicted molar refractivity (Wildman–Crippen MR) is 103 cm³/mol. The molecule has 0 radical (unpaired) electrons. The number of benzene rings is 1. The number of rotatable bonds is 5. The quantitative estimate of drug-likeness (QED) is 0.665. The zero-order valence-corrected chi connectivity index (χ0v) is 16.3. The second kappa shape index (κ2) is 7.33. The van der Waals surface area contributed by atoms with Gasteiger partial charge in [0.25, 0.3) is 0 Å². The number of hydrogen-bond acceptors (Lipinski definition) is 5. The molecule has 1 aromatic carbocycles. The van der Waals surface area contributed by atoms with Crippen LogP contribution in [0.1, 0.15) is 36.6 Å². The third-order valence-electron chi connectivity index (χ3n) is 6.11. The van der Waals surface area contributed by atoms with Crippen LogP contribution in [-0.2, 0) is 11.3 Å². The van der Waals surface area contributed by atoms with E-state index in [4.69, 9.17) is 4.52 Å². The van der Waals surface area contributed by atoms with Crippen LogP contribution in [0, 0.1) is 29.4 Å². The average Bonchev–Trinajstić information content (AvgIpc) is 3.48. The number of carbonyl (C=O) groups excluding carboxylic acids is 1. The molecule has 1 N–H and O–H groups in total. The molecule has 2 saturated carbocycles. The molecule has 2 heterocycles. The van der Waals surface area contributed by atoms with Gasteiger partial charge in [0.2, 0.25) is 17.6 Å². The van der Waals surface area contributed by atoms with Crippen LogP contribution in [0.3, 0.4) is 0 Å². The van der Waals surface area contributed by atoms with E-state index in [1.807, 2.05) is 16.8 Å². The SMILES string of the molecule is O=C(NCc1cc(F)cc(F)c1)[C@H]1[C@H]2CC[C@H](C2)[C@@H]1c1nc(-c2ccsc2)no1. The molecule has 0 unspecified atom stereocenters. The van der Waals surface area contributed by atoms with Crippen LogP contribution in [0.25, 0.3) is 11.4 Å². The maximum atomic E-state index is 13.4. The number of hydrogen-bond donors (Lipinski definition) is 1. The number of aromatic nitrogens is 2. The maximum absolute atomic E-state index is 13.4. The molecule has 4 atom stereocenters. The highest BCUT2D eigenvalue weighted by atomic mass is 32.1. The van der Waals surface area contributed by atoms with E-state index >= 15 is 0 Å². The zero-order chi connectivity index (χ0) is 20.0. The zero-order valence-electron chi connectivity index (χ0n) is 15.5. The Balaban J connectivity index is 1.34. The van der Waals surface area contributed by atoms with Gasteiger partial charge in [-0.2, -0.15) is 16.3 Å². The first kappa shape index (κ1) is 18.4. The molecular formula is C21H19F2N3O2S. The fourth-order valence-electron chi connectivity index (χ4n) is 4.92. The minimum absolute atomic E-state index is 0.0815. The van der Waals surface area contributed by atoms with Crippen molar-refractivity contribution >= 4 is 17.2 Å². The molecular weight excluding hydrogens is 396 g/mol. The molecule has 8 heteroatoms. The van der Waals surface area contributed by atoms with E-state index in [2.05, 4.69) is 15.5 Å². The lowest BCUT2D eigenvalue weighted by molar-refractivity contribution is -0.127. The monoisotopic (exact) mass is 415 g/mol. The van der Waals surface area contributed by atoms with Crippen molar-refractivity contribution in [1.82, 2.24) is 15.5 Å². The summed E-state index contributed by atoms with van der Waals surface area (Å²) in [6, 6.07) is 5.21. The molecule has 5 nitrogen and oxygen atoms in total. The number of thiophene rings is 1. The fraction of sp³-hybridized carbons (Fsp3) is 0.381. The molecule has 150 valence electrons. The van der Waals surface area contributed by atoms with Crippen LogP contribution in [-0.4, -0.2) is 16.0 Å². The van der Waals surface area contributed by atoms with Gasteiger partial charge in [-0.3, -0.25) is 4.79 Å². The molecule has 0 saturated heterocycles. The summed E-state index contributed by atoms with van der Waals surface area (Å²) in [7, 11) is 0. The first-order valence-corrected chi connectivity index (χ1v) is 10.6. The topological polar surface area (TPSA) is 68.0 Å². The second-order valence-electron chi connectivity index (χ2n) is 7.85. The van der Waals surface area contributed by atoms with Crippen LogP contribution in [0.15, 0.2) is 39.5 Å². The first-order valence-electron chi connectivity index (χ1n) is 9.67. The lowest BCUT2D eigenvalue weighted by atomic mass is 9.78. The Morgan fingerprint density at radius 3 is 2.76 bits per heavy atom. The lowest BCUT2D eigenvalue weighted by Crippen LogP contribution is -2.37. The van der Waals surface area contributed by atoms with E-state index in [9.17, 15) is 13.6 Å². The summed E-state index contributed by atoms with van der Waals surface area (Å²) in [5.41, 5.74) is 1.30. The Morgan fingerprint density at radius 1 is 1.21 bits per heavy atom. The second-order valence-corrected chi connectivity index (χ2v) is 8.63. The van der Waals surface area contributed by atoms with Gasteiger partial charge in [-0.05, 0) is 60.2 Å². The smallest absolute Gasteiger partial charge is 0.231 e. The Morgan fingerprint density at radius 2 is 2.00 bits per heavy atom. The molecule has 2 bridgehead atoms. The summed E-state index contributed by atoms with van der Waals surface area (Å²) in [5, 5.41) is 10.9. The minimum atomic E-state index is -0.654. The standard InChI is InChI=1S/C21H19F2N3O2S/c22-15-5-11(6-16(23)8-15)9-24-20(27)17-12-1-2-13(7-12)18(17)21-25-19(26-28-21)14-3-4-29-10-14/h3-6,8,10,12-13,17-18H,1-2,7,9H2,(H,24,27)/t12-,13+,17-,18-/m0/s1. The number of halogens is 2. The predicted octanol–water partition coefficient (Wildman–Crippen LogP) is 4.52. The summed E-state index contributed by atoms with van der Waals surface area (Å²) < 4.78 is 32.4. The number of nitrogens with one attached hydrogen (secondary N) is 1. The molecule has 2 fully saturated rings. The molecule has 29 heavy (non-hydrogen) atoms. The number of amides is 1. The molecule has 0 spiro atoms. The van der Waals surface area contributed by atoms with Crippen molar-refractivity contribution in [2.75, 3.05) is 0 Å². The van der Waals surface area contributed by atoms with Gasteiger partial charge in [0.1, 0.15) is 11.6 Å². The van der Waals surface area contributed by atoms with E-state index < -0.39 is 11.6 Å². The third kappa shape index (κ3) is 3.46. The van der Waals surface area contributed by atoms with Crippen molar-refractivity contribution in [2.24, 2.45) is 17.8 Å². The van der Waals surface area contributed by atoms with E-state index in [0.717, 1.165) is 30.9 Å². The van der Waals surface area contributed by atoms with Crippen LogP contribution in [0.2, 0.25) is 0 Å². The van der Waals surface area contributed by atoms with Crippen molar-refractivity contribution in [1.29, 1.82) is 0 Å². The van der Waals surface area contributed by atoms with Gasteiger partial charge >= 0.3 is 0 Å². The molecule has 2 aliphatic rings. The Labute approximate surface area is 170 Å². The van der Waals surface area contributed by atoms with E-state index in [0.29, 0.717) is 23.2 Å². The van der Waals surface area contributed by atoms with Gasteiger partial charge in [0.15, 0.2) is 0 Å². The highest BCUT2D eigenvalue weighted by Gasteiger charge is 2.53. The molecule has 3 aromatic rings. The highest BCUT2D eigenvalue weighted by Crippen LogP contribution is 2.56. The third-order valence-corrected chi connectivity index (χ3v) is 6.80. The number of carbonyl (C=O) groups is 1. The Hall–Kier alpha value is -2.61. The van der Waals surface area contributed by atoms with Crippen LogP contribution < -0.4 is 5.32 Å². The number of nitrogens with zero attached hydrogens (tertiary/aromatic N) is 2. The summed E-state index contributed by atoms with van der Waals surface area (Å²) in [5.74, 6) is -0.140. The summed E-state index contributed by atoms with van der Waals surface area (Å²) >= 11 is 1.56. The van der Waals surface area contributed by atoms with Gasteiger partial charge in [-0.25, -0.2) is 8.78 Å². The van der Waals surface area contributed by atoms with Crippen LogP contribution in [0.5, 0.6) is 0 Å². The average molecular weight is 415 g/mol. The lowest BCUT2D eigenvalue weighted by Gasteiger charge is -2.27. The van der Waals surface area contributed by atoms with E-state index in [1.165, 1.54) is 12.1 Å². The maximum Gasteiger partial charge on any atom is 0.231 e. The van der Waals surface area contributed by atoms with Gasteiger partial charge in [0, 0.05) is 23.6 Å². The van der Waals surface area contributed by atoms with Crippen molar-refractivity contribution in [3.63, 3.8) is 0 Å². The normalized spacial score (nSPS) is 25.4. The van der Waals surface area contributed by atoms with Gasteiger partial charge < -0.3 is 9.84 Å². The Kier molecular flexibility index (Phi) is 4.66. The molecule has 5 rings (SSSR count). The van der Waals surface area contributed by atoms with Crippen LogP contribution in [0.4, 0.5) is 8.78 Å². The highest BCUT2D eigenvalue weighted by molar-refractivity contribution is 7.08. The summed E-state index contributed by atoms with van der Waals surface area (Å²) in [4.78, 5) is 17.6. The van der Waals surface area contributed by atoms with Gasteiger partial charge in [-0.15, -0.1) is 0 Å². The molecule has 1 amide bonds. The largest absolute Gasteiger partial charge is 0.352 e. The van der Waals surface area contributed by atoms with E-state index in [-0.39, 0.29) is 30.2 Å². The van der Waals surface area contributed by atoms with Crippen LogP contribution >= 0.6 is 11.3 Å². The molecule has 0 aliphatic heterocycles. The van der Waals surface area contributed by atoms with Gasteiger partial charge in [-0.1, -0.05) is 5.16 Å². The summed E-state index contributed by atoms with van der Waals surface area (Å²) in [6.45, 7) is 0.0815. The summed E-state index contributed by atoms with van der Waals surface area (Å²) in [6.07, 6.45) is 3.01. The van der Waals surface area contributed by atoms with Crippen molar-refractivity contribution in [3.05, 3.63) is 58.1 Å². The van der Waals surface area contributed by atoms with Crippen molar-refractivity contribution < 1.29 is 18.1 Å². The fourth-order valence-corrected chi connectivity index (χ4v) is 5.56. The number of fused-ring (bicyclic) bond motifs is 2. The van der Waals surface area contributed by atoms with Crippen molar-refractivity contribution in [2.45, 2.75) is 31.7 Å². The first-order chi connectivity index (χ1) is 14.1. The molecule has 2 aliphatic carbocycles. The van der Waals surface area contributed by atoms with Crippen molar-refractivity contribution in [3.8, 4) is 11.4 Å². The Bertz CT molecular complexity index is 1020. The van der Waals surface area contributed by atoms with E-state index in [1.54, 1.807) is 11.3 Å². The van der Waals surface area contributed by atoms with Gasteiger partial charge in [0.05, 0.1) is 11.8 Å². The minimum Gasteiger partial charge on any atom is -0.352 e. The molecule has 2 aromatic heterocycles.